The van der Waals surface area contributed by atoms with Crippen LogP contribution in [-0.2, 0) is 0 Å². The van der Waals surface area contributed by atoms with Crippen LogP contribution >= 0.6 is 11.6 Å². The molecule has 2 aromatic rings. The van der Waals surface area contributed by atoms with Crippen LogP contribution < -0.4 is 5.32 Å². The molecule has 1 N–H and O–H groups in total. The second-order valence-corrected chi connectivity index (χ2v) is 5.86. The Bertz CT molecular complexity index is 690. The molecule has 0 atom stereocenters. The van der Waals surface area contributed by atoms with E-state index in [1.807, 2.05) is 0 Å². The highest BCUT2D eigenvalue weighted by Crippen LogP contribution is 2.33. The number of anilines is 1. The maximum atomic E-state index is 13.1. The van der Waals surface area contributed by atoms with Crippen LogP contribution in [0.15, 0.2) is 36.8 Å². The fourth-order valence-electron chi connectivity index (χ4n) is 2.78. The molecule has 1 fully saturated rings. The fourth-order valence-corrected chi connectivity index (χ4v) is 3.10. The number of carbonyl (C=O) groups excluding carboxylic acids is 1. The lowest BCUT2D eigenvalue weighted by atomic mass is 9.89. The summed E-state index contributed by atoms with van der Waals surface area (Å²) in [6.45, 7) is 1.24. The molecule has 1 aromatic heterocycles. The fraction of sp³-hybridized carbons (Fsp3) is 0.312. The molecule has 1 aromatic carbocycles. The molecular weight excluding hydrogens is 319 g/mol. The van der Waals surface area contributed by atoms with Crippen LogP contribution in [-0.4, -0.2) is 34.0 Å². The Morgan fingerprint density at radius 3 is 2.74 bits per heavy atom. The van der Waals surface area contributed by atoms with Crippen molar-refractivity contribution in [1.82, 2.24) is 14.9 Å². The number of piperidine rings is 1. The number of nitrogens with one attached hydrogen (secondary N) is 1. The summed E-state index contributed by atoms with van der Waals surface area (Å²) in [4.78, 5) is 21.7. The van der Waals surface area contributed by atoms with Gasteiger partial charge in [-0.15, -0.1) is 0 Å². The van der Waals surface area contributed by atoms with Gasteiger partial charge in [0.05, 0.1) is 0 Å². The molecule has 2 heterocycles. The number of likely N-dealkylation sites (tertiary alicyclic amines) is 1. The third-order valence-corrected chi connectivity index (χ3v) is 4.33. The first-order valence-electron chi connectivity index (χ1n) is 7.40. The van der Waals surface area contributed by atoms with Crippen molar-refractivity contribution in [1.29, 1.82) is 0 Å². The molecule has 0 radical (unpaired) electrons. The Morgan fingerprint density at radius 2 is 2.09 bits per heavy atom. The average molecular weight is 335 g/mol. The normalized spacial score (nSPS) is 15.5. The van der Waals surface area contributed by atoms with Crippen molar-refractivity contribution < 1.29 is 9.18 Å². The molecule has 120 valence electrons. The lowest BCUT2D eigenvalue weighted by Crippen LogP contribution is -2.40. The Kier molecular flexibility index (Phi) is 4.71. The zero-order valence-electron chi connectivity index (χ0n) is 12.4. The second kappa shape index (κ2) is 6.91. The first-order chi connectivity index (χ1) is 11.1. The Labute approximate surface area is 138 Å². The standard InChI is InChI=1S/C16H16ClFN4O/c17-14-9-12(18)1-2-13(14)11-4-7-22(8-5-11)16(23)21-15-3-6-19-10-20-15/h1-3,6,9-11H,4-5,7-8H2,(H,19,20,21,23). The number of aromatic nitrogens is 2. The number of nitrogens with zero attached hydrogens (tertiary/aromatic N) is 3. The number of hydrogen-bond acceptors (Lipinski definition) is 3. The quantitative estimate of drug-likeness (QED) is 0.911. The molecule has 1 saturated heterocycles. The van der Waals surface area contributed by atoms with Gasteiger partial charge in [0.1, 0.15) is 18.0 Å². The monoisotopic (exact) mass is 334 g/mol. The molecule has 5 nitrogen and oxygen atoms in total. The average Bonchev–Trinajstić information content (AvgIpc) is 2.56. The number of rotatable bonds is 2. The molecule has 1 aliphatic rings. The van der Waals surface area contributed by atoms with E-state index in [2.05, 4.69) is 15.3 Å². The van der Waals surface area contributed by atoms with Gasteiger partial charge in [-0.05, 0) is 42.5 Å². The maximum Gasteiger partial charge on any atom is 0.323 e. The number of amides is 2. The van der Waals surface area contributed by atoms with Gasteiger partial charge in [0, 0.05) is 24.3 Å². The van der Waals surface area contributed by atoms with Gasteiger partial charge in [0.25, 0.3) is 0 Å². The van der Waals surface area contributed by atoms with E-state index >= 15 is 0 Å². The highest BCUT2D eigenvalue weighted by molar-refractivity contribution is 6.31. The summed E-state index contributed by atoms with van der Waals surface area (Å²) in [5, 5.41) is 3.20. The van der Waals surface area contributed by atoms with Crippen molar-refractivity contribution in [2.75, 3.05) is 18.4 Å². The van der Waals surface area contributed by atoms with Crippen molar-refractivity contribution >= 4 is 23.4 Å². The molecular formula is C16H16ClFN4O. The minimum Gasteiger partial charge on any atom is -0.324 e. The van der Waals surface area contributed by atoms with Crippen LogP contribution in [0.4, 0.5) is 15.0 Å². The molecule has 0 spiro atoms. The van der Waals surface area contributed by atoms with Crippen molar-refractivity contribution in [2.45, 2.75) is 18.8 Å². The van der Waals surface area contributed by atoms with Gasteiger partial charge in [-0.1, -0.05) is 17.7 Å². The zero-order chi connectivity index (χ0) is 16.2. The zero-order valence-corrected chi connectivity index (χ0v) is 13.1. The highest BCUT2D eigenvalue weighted by atomic mass is 35.5. The van der Waals surface area contributed by atoms with Crippen LogP contribution in [0.25, 0.3) is 0 Å². The van der Waals surface area contributed by atoms with E-state index in [9.17, 15) is 9.18 Å². The van der Waals surface area contributed by atoms with Crippen LogP contribution in [0.2, 0.25) is 5.02 Å². The molecule has 0 bridgehead atoms. The summed E-state index contributed by atoms with van der Waals surface area (Å²) in [5.74, 6) is 0.389. The number of benzene rings is 1. The SMILES string of the molecule is O=C(Nc1ccncn1)N1CCC(c2ccc(F)cc2Cl)CC1. The molecule has 0 unspecified atom stereocenters. The van der Waals surface area contributed by atoms with E-state index in [4.69, 9.17) is 11.6 Å². The van der Waals surface area contributed by atoms with Crippen molar-refractivity contribution in [3.63, 3.8) is 0 Å². The molecule has 2 amide bonds. The summed E-state index contributed by atoms with van der Waals surface area (Å²) in [6.07, 6.45) is 4.55. The topological polar surface area (TPSA) is 58.1 Å². The van der Waals surface area contributed by atoms with Gasteiger partial charge in [0.15, 0.2) is 0 Å². The lowest BCUT2D eigenvalue weighted by molar-refractivity contribution is 0.194. The summed E-state index contributed by atoms with van der Waals surface area (Å²) in [5.41, 5.74) is 0.948. The van der Waals surface area contributed by atoms with Gasteiger partial charge in [-0.25, -0.2) is 19.2 Å². The van der Waals surface area contributed by atoms with E-state index in [-0.39, 0.29) is 17.8 Å². The maximum absolute atomic E-state index is 13.1. The van der Waals surface area contributed by atoms with Crippen molar-refractivity contribution in [3.05, 3.63) is 53.2 Å². The Morgan fingerprint density at radius 1 is 1.30 bits per heavy atom. The largest absolute Gasteiger partial charge is 0.324 e. The third kappa shape index (κ3) is 3.76. The minimum atomic E-state index is -0.333. The lowest BCUT2D eigenvalue weighted by Gasteiger charge is -2.32. The third-order valence-electron chi connectivity index (χ3n) is 4.00. The van der Waals surface area contributed by atoms with Crippen LogP contribution in [0.1, 0.15) is 24.3 Å². The number of hydrogen-bond donors (Lipinski definition) is 1. The van der Waals surface area contributed by atoms with Gasteiger partial charge < -0.3 is 4.90 Å². The summed E-state index contributed by atoms with van der Waals surface area (Å²) in [6, 6.07) is 5.97. The molecule has 0 aliphatic carbocycles. The second-order valence-electron chi connectivity index (χ2n) is 5.45. The van der Waals surface area contributed by atoms with Gasteiger partial charge >= 0.3 is 6.03 Å². The summed E-state index contributed by atoms with van der Waals surface area (Å²) < 4.78 is 13.1. The summed E-state index contributed by atoms with van der Waals surface area (Å²) >= 11 is 6.12. The minimum absolute atomic E-state index is 0.174. The van der Waals surface area contributed by atoms with Gasteiger partial charge in [0.2, 0.25) is 0 Å². The van der Waals surface area contributed by atoms with Crippen LogP contribution in [0, 0.1) is 5.82 Å². The molecule has 0 saturated carbocycles. The number of carbonyl (C=O) groups is 1. The van der Waals surface area contributed by atoms with E-state index in [1.165, 1.54) is 18.5 Å². The van der Waals surface area contributed by atoms with Gasteiger partial charge in [-0.3, -0.25) is 5.32 Å². The Balaban J connectivity index is 1.59. The van der Waals surface area contributed by atoms with Crippen molar-refractivity contribution in [3.8, 4) is 0 Å². The van der Waals surface area contributed by atoms with Gasteiger partial charge in [-0.2, -0.15) is 0 Å². The van der Waals surface area contributed by atoms with E-state index in [0.29, 0.717) is 23.9 Å². The molecule has 23 heavy (non-hydrogen) atoms. The van der Waals surface area contributed by atoms with Crippen LogP contribution in [0.5, 0.6) is 0 Å². The van der Waals surface area contributed by atoms with Crippen LogP contribution in [0.3, 0.4) is 0 Å². The first-order valence-corrected chi connectivity index (χ1v) is 7.78. The number of halogens is 2. The highest BCUT2D eigenvalue weighted by Gasteiger charge is 2.25. The predicted molar refractivity (Wildman–Crippen MR) is 86.0 cm³/mol. The summed E-state index contributed by atoms with van der Waals surface area (Å²) in [7, 11) is 0. The smallest absolute Gasteiger partial charge is 0.323 e. The molecule has 7 heteroatoms. The van der Waals surface area contributed by atoms with E-state index in [1.54, 1.807) is 23.2 Å². The van der Waals surface area contributed by atoms with Crippen molar-refractivity contribution in [2.24, 2.45) is 0 Å². The number of urea groups is 1. The van der Waals surface area contributed by atoms with E-state index < -0.39 is 0 Å². The Hall–Kier alpha value is -2.21. The first kappa shape index (κ1) is 15.7. The molecule has 3 rings (SSSR count). The predicted octanol–water partition coefficient (Wildman–Crippen LogP) is 3.68. The van der Waals surface area contributed by atoms with E-state index in [0.717, 1.165) is 18.4 Å². The molecule has 1 aliphatic heterocycles.